The van der Waals surface area contributed by atoms with Crippen LogP contribution in [0.5, 0.6) is 0 Å². The molecule has 0 aromatic carbocycles. The largest absolute Gasteiger partial charge is 0.394 e. The smallest absolute Gasteiger partial charge is 0.0608 e. The molecule has 2 rings (SSSR count). The molecule has 2 fully saturated rings. The Balaban J connectivity index is 1.62. The molecule has 4 unspecified atom stereocenters. The minimum atomic E-state index is -0.396. The van der Waals surface area contributed by atoms with Crippen LogP contribution in [0.1, 0.15) is 45.4 Å². The molecule has 2 saturated carbocycles. The average Bonchev–Trinajstić information content (AvgIpc) is 2.90. The van der Waals surface area contributed by atoms with Gasteiger partial charge in [0.15, 0.2) is 0 Å². The van der Waals surface area contributed by atoms with E-state index < -0.39 is 5.54 Å². The van der Waals surface area contributed by atoms with Crippen LogP contribution in [-0.4, -0.2) is 42.3 Å². The van der Waals surface area contributed by atoms with Crippen LogP contribution in [0.3, 0.4) is 0 Å². The molecule has 18 heavy (non-hydrogen) atoms. The first-order valence-electron chi connectivity index (χ1n) is 7.58. The SMILES string of the molecule is CN(CCCC(C)(N)CO)CC1CC2CCC1C2. The van der Waals surface area contributed by atoms with E-state index in [1.165, 1.54) is 32.2 Å². The molecular weight excluding hydrogens is 224 g/mol. The summed E-state index contributed by atoms with van der Waals surface area (Å²) >= 11 is 0. The molecule has 0 saturated heterocycles. The highest BCUT2D eigenvalue weighted by Gasteiger charge is 2.39. The number of aliphatic hydroxyl groups excluding tert-OH is 1. The molecule has 0 amide bonds. The molecule has 2 bridgehead atoms. The van der Waals surface area contributed by atoms with Gasteiger partial charge >= 0.3 is 0 Å². The van der Waals surface area contributed by atoms with Crippen molar-refractivity contribution in [3.05, 3.63) is 0 Å². The second-order valence-electron chi connectivity index (χ2n) is 7.11. The standard InChI is InChI=1S/C15H30N2O/c1-15(16,11-18)6-3-7-17(2)10-14-9-12-4-5-13(14)8-12/h12-14,18H,3-11,16H2,1-2H3. The monoisotopic (exact) mass is 254 g/mol. The van der Waals surface area contributed by atoms with E-state index in [0.29, 0.717) is 0 Å². The zero-order valence-electron chi connectivity index (χ0n) is 12.1. The van der Waals surface area contributed by atoms with Crippen LogP contribution in [0.15, 0.2) is 0 Å². The number of aliphatic hydroxyl groups is 1. The van der Waals surface area contributed by atoms with Crippen molar-refractivity contribution in [1.29, 1.82) is 0 Å². The highest BCUT2D eigenvalue weighted by atomic mass is 16.3. The van der Waals surface area contributed by atoms with Crippen molar-refractivity contribution in [2.45, 2.75) is 51.0 Å². The van der Waals surface area contributed by atoms with Crippen LogP contribution < -0.4 is 5.73 Å². The van der Waals surface area contributed by atoms with Gasteiger partial charge in [-0.1, -0.05) is 6.42 Å². The van der Waals surface area contributed by atoms with Gasteiger partial charge in [0.25, 0.3) is 0 Å². The van der Waals surface area contributed by atoms with Crippen molar-refractivity contribution >= 4 is 0 Å². The zero-order chi connectivity index (χ0) is 13.2. The van der Waals surface area contributed by atoms with E-state index in [0.717, 1.165) is 37.1 Å². The first kappa shape index (κ1) is 14.3. The lowest BCUT2D eigenvalue weighted by atomic mass is 9.88. The van der Waals surface area contributed by atoms with Gasteiger partial charge in [-0.3, -0.25) is 0 Å². The minimum Gasteiger partial charge on any atom is -0.394 e. The Morgan fingerprint density at radius 2 is 2.11 bits per heavy atom. The van der Waals surface area contributed by atoms with Gasteiger partial charge in [-0.05, 0) is 70.4 Å². The Kier molecular flexibility index (Phi) is 4.68. The lowest BCUT2D eigenvalue weighted by Gasteiger charge is -2.28. The quantitative estimate of drug-likeness (QED) is 0.729. The normalized spacial score (nSPS) is 34.2. The molecule has 3 N–H and O–H groups in total. The molecule has 2 aliphatic rings. The van der Waals surface area contributed by atoms with E-state index in [4.69, 9.17) is 10.8 Å². The van der Waals surface area contributed by atoms with E-state index in [1.807, 2.05) is 6.92 Å². The maximum Gasteiger partial charge on any atom is 0.0608 e. The molecule has 3 nitrogen and oxygen atoms in total. The molecule has 2 aliphatic carbocycles. The number of rotatable bonds is 7. The number of hydrogen-bond acceptors (Lipinski definition) is 3. The van der Waals surface area contributed by atoms with Gasteiger partial charge in [0.1, 0.15) is 0 Å². The van der Waals surface area contributed by atoms with Crippen molar-refractivity contribution in [2.24, 2.45) is 23.5 Å². The highest BCUT2D eigenvalue weighted by molar-refractivity contribution is 4.91. The molecule has 106 valence electrons. The van der Waals surface area contributed by atoms with Crippen molar-refractivity contribution in [1.82, 2.24) is 4.90 Å². The second kappa shape index (κ2) is 5.89. The van der Waals surface area contributed by atoms with Crippen molar-refractivity contribution in [3.8, 4) is 0 Å². The van der Waals surface area contributed by atoms with Gasteiger partial charge < -0.3 is 15.7 Å². The molecule has 0 radical (unpaired) electrons. The Hall–Kier alpha value is -0.120. The predicted molar refractivity (Wildman–Crippen MR) is 75.3 cm³/mol. The van der Waals surface area contributed by atoms with E-state index in [2.05, 4.69) is 11.9 Å². The van der Waals surface area contributed by atoms with Gasteiger partial charge in [-0.15, -0.1) is 0 Å². The molecule has 3 heteroatoms. The van der Waals surface area contributed by atoms with Gasteiger partial charge in [-0.25, -0.2) is 0 Å². The summed E-state index contributed by atoms with van der Waals surface area (Å²) in [5.74, 6) is 3.03. The van der Waals surface area contributed by atoms with Crippen LogP contribution in [0.4, 0.5) is 0 Å². The summed E-state index contributed by atoms with van der Waals surface area (Å²) in [5.41, 5.74) is 5.55. The van der Waals surface area contributed by atoms with Crippen molar-refractivity contribution in [2.75, 3.05) is 26.7 Å². The molecule has 0 heterocycles. The summed E-state index contributed by atoms with van der Waals surface area (Å²) in [5, 5.41) is 9.12. The number of nitrogens with two attached hydrogens (primary N) is 1. The predicted octanol–water partition coefficient (Wildman–Crippen LogP) is 1.84. The van der Waals surface area contributed by atoms with E-state index in [1.54, 1.807) is 0 Å². The maximum atomic E-state index is 9.12. The van der Waals surface area contributed by atoms with Crippen LogP contribution in [-0.2, 0) is 0 Å². The summed E-state index contributed by atoms with van der Waals surface area (Å²) in [6.45, 7) is 4.40. The molecule has 0 aromatic heterocycles. The van der Waals surface area contributed by atoms with Crippen LogP contribution in [0.2, 0.25) is 0 Å². The summed E-state index contributed by atoms with van der Waals surface area (Å²) in [4.78, 5) is 2.47. The third-order valence-electron chi connectivity index (χ3n) is 5.08. The maximum absolute atomic E-state index is 9.12. The molecule has 0 aliphatic heterocycles. The molecule has 0 aromatic rings. The highest BCUT2D eigenvalue weighted by Crippen LogP contribution is 2.48. The molecule has 0 spiro atoms. The van der Waals surface area contributed by atoms with Crippen LogP contribution in [0.25, 0.3) is 0 Å². The lowest BCUT2D eigenvalue weighted by molar-refractivity contribution is 0.182. The lowest BCUT2D eigenvalue weighted by Crippen LogP contribution is -2.41. The second-order valence-corrected chi connectivity index (χ2v) is 7.11. The van der Waals surface area contributed by atoms with Crippen LogP contribution >= 0.6 is 0 Å². The summed E-state index contributed by atoms with van der Waals surface area (Å²) in [6.07, 6.45) is 7.95. The van der Waals surface area contributed by atoms with E-state index >= 15 is 0 Å². The summed E-state index contributed by atoms with van der Waals surface area (Å²) < 4.78 is 0. The van der Waals surface area contributed by atoms with Gasteiger partial charge in [0.05, 0.1) is 6.61 Å². The van der Waals surface area contributed by atoms with E-state index in [9.17, 15) is 0 Å². The van der Waals surface area contributed by atoms with Crippen molar-refractivity contribution in [3.63, 3.8) is 0 Å². The topological polar surface area (TPSA) is 49.5 Å². The minimum absolute atomic E-state index is 0.0864. The van der Waals surface area contributed by atoms with Crippen LogP contribution in [0, 0.1) is 17.8 Å². The fraction of sp³-hybridized carbons (Fsp3) is 1.00. The van der Waals surface area contributed by atoms with Crippen molar-refractivity contribution < 1.29 is 5.11 Å². The fourth-order valence-corrected chi connectivity index (χ4v) is 3.92. The van der Waals surface area contributed by atoms with Gasteiger partial charge in [0, 0.05) is 12.1 Å². The Morgan fingerprint density at radius 1 is 1.33 bits per heavy atom. The van der Waals surface area contributed by atoms with E-state index in [-0.39, 0.29) is 6.61 Å². The molecule has 4 atom stereocenters. The third-order valence-corrected chi connectivity index (χ3v) is 5.08. The Bertz CT molecular complexity index is 267. The Morgan fingerprint density at radius 3 is 2.67 bits per heavy atom. The first-order chi connectivity index (χ1) is 8.50. The fourth-order valence-electron chi connectivity index (χ4n) is 3.92. The average molecular weight is 254 g/mol. The van der Waals surface area contributed by atoms with Gasteiger partial charge in [-0.2, -0.15) is 0 Å². The third kappa shape index (κ3) is 3.69. The van der Waals surface area contributed by atoms with Gasteiger partial charge in [0.2, 0.25) is 0 Å². The number of nitrogens with zero attached hydrogens (tertiary/aromatic N) is 1. The summed E-state index contributed by atoms with van der Waals surface area (Å²) in [7, 11) is 2.23. The zero-order valence-corrected chi connectivity index (χ0v) is 12.1. The first-order valence-corrected chi connectivity index (χ1v) is 7.58. The molecular formula is C15H30N2O. The number of hydrogen-bond donors (Lipinski definition) is 2. The number of fused-ring (bicyclic) bond motifs is 2. The Labute approximate surface area is 112 Å². The summed E-state index contributed by atoms with van der Waals surface area (Å²) in [6, 6.07) is 0.